The van der Waals surface area contributed by atoms with Crippen molar-refractivity contribution >= 4 is 17.9 Å². The Morgan fingerprint density at radius 2 is 0.474 bits per heavy atom. The highest BCUT2D eigenvalue weighted by molar-refractivity contribution is 5.71. The third-order valence-electron chi connectivity index (χ3n) is 11.6. The lowest BCUT2D eigenvalue weighted by molar-refractivity contribution is -0.167. The van der Waals surface area contributed by atoms with E-state index in [-0.39, 0.29) is 31.1 Å². The maximum atomic E-state index is 12.8. The highest BCUT2D eigenvalue weighted by Crippen LogP contribution is 2.17. The van der Waals surface area contributed by atoms with Gasteiger partial charge < -0.3 is 14.2 Å². The van der Waals surface area contributed by atoms with Crippen molar-refractivity contribution < 1.29 is 28.6 Å². The smallest absolute Gasteiger partial charge is 0.306 e. The number of esters is 3. The van der Waals surface area contributed by atoms with Crippen molar-refractivity contribution in [2.24, 2.45) is 0 Å². The van der Waals surface area contributed by atoms with E-state index in [0.29, 0.717) is 19.3 Å². The summed E-state index contributed by atoms with van der Waals surface area (Å²) in [5, 5.41) is 0. The Morgan fingerprint density at radius 1 is 0.281 bits per heavy atom. The zero-order valence-electron chi connectivity index (χ0n) is 38.6. The van der Waals surface area contributed by atoms with Gasteiger partial charge in [-0.15, -0.1) is 0 Å². The topological polar surface area (TPSA) is 78.9 Å². The maximum absolute atomic E-state index is 12.8. The Bertz CT molecular complexity index is 844. The fourth-order valence-corrected chi connectivity index (χ4v) is 7.74. The molecule has 0 saturated carbocycles. The molecule has 0 aliphatic rings. The van der Waals surface area contributed by atoms with E-state index in [1.54, 1.807) is 0 Å². The lowest BCUT2D eigenvalue weighted by atomic mass is 10.0. The van der Waals surface area contributed by atoms with E-state index in [2.05, 4.69) is 20.8 Å². The highest BCUT2D eigenvalue weighted by Gasteiger charge is 2.19. The van der Waals surface area contributed by atoms with E-state index in [4.69, 9.17) is 14.2 Å². The van der Waals surface area contributed by atoms with Crippen LogP contribution < -0.4 is 0 Å². The number of hydrogen-bond acceptors (Lipinski definition) is 6. The third kappa shape index (κ3) is 45.3. The summed E-state index contributed by atoms with van der Waals surface area (Å²) in [6.45, 7) is 6.67. The number of ether oxygens (including phenoxy) is 3. The minimum absolute atomic E-state index is 0.0619. The summed E-state index contributed by atoms with van der Waals surface area (Å²) in [5.41, 5.74) is 0. The van der Waals surface area contributed by atoms with Gasteiger partial charge in [0.25, 0.3) is 0 Å². The molecule has 338 valence electrons. The first-order valence-corrected chi connectivity index (χ1v) is 25.5. The van der Waals surface area contributed by atoms with Crippen molar-refractivity contribution in [1.29, 1.82) is 0 Å². The van der Waals surface area contributed by atoms with Gasteiger partial charge in [0.1, 0.15) is 13.2 Å². The molecule has 0 aromatic carbocycles. The van der Waals surface area contributed by atoms with Crippen molar-refractivity contribution in [3.8, 4) is 0 Å². The van der Waals surface area contributed by atoms with E-state index in [1.807, 2.05) is 0 Å². The van der Waals surface area contributed by atoms with Crippen LogP contribution in [0.4, 0.5) is 0 Å². The van der Waals surface area contributed by atoms with Crippen LogP contribution in [0, 0.1) is 0 Å². The van der Waals surface area contributed by atoms with Crippen LogP contribution >= 0.6 is 0 Å². The molecule has 0 spiro atoms. The average Bonchev–Trinajstić information content (AvgIpc) is 3.21. The summed E-state index contributed by atoms with van der Waals surface area (Å²) in [4.78, 5) is 37.9. The number of carbonyl (C=O) groups is 3. The molecule has 0 fully saturated rings. The van der Waals surface area contributed by atoms with Gasteiger partial charge in [0.15, 0.2) is 6.10 Å². The van der Waals surface area contributed by atoms with E-state index in [9.17, 15) is 14.4 Å². The fraction of sp³-hybridized carbons (Fsp3) is 0.941. The quantitative estimate of drug-likeness (QED) is 0.0346. The normalized spacial score (nSPS) is 11.8. The second-order valence-corrected chi connectivity index (χ2v) is 17.5. The standard InChI is InChI=1S/C51H98O6/c1-4-7-10-13-16-19-22-25-27-30-33-36-39-42-45-51(54)57-48(46-55-49(52)43-40-37-34-31-28-24-21-18-15-12-9-6-3)47-56-50(53)44-41-38-35-32-29-26-23-20-17-14-11-8-5-2/h48H,4-47H2,1-3H3/t48-/m1/s1. The second-order valence-electron chi connectivity index (χ2n) is 17.5. The molecule has 0 amide bonds. The summed E-state index contributed by atoms with van der Waals surface area (Å²) in [6, 6.07) is 0. The Morgan fingerprint density at radius 3 is 0.702 bits per heavy atom. The first-order valence-electron chi connectivity index (χ1n) is 25.5. The van der Waals surface area contributed by atoms with Crippen LogP contribution in [0.15, 0.2) is 0 Å². The average molecular weight is 807 g/mol. The van der Waals surface area contributed by atoms with Gasteiger partial charge in [-0.25, -0.2) is 0 Å². The van der Waals surface area contributed by atoms with Gasteiger partial charge in [-0.3, -0.25) is 14.4 Å². The zero-order chi connectivity index (χ0) is 41.5. The molecule has 6 nitrogen and oxygen atoms in total. The lowest BCUT2D eigenvalue weighted by Crippen LogP contribution is -2.30. The monoisotopic (exact) mass is 807 g/mol. The molecule has 0 aromatic heterocycles. The number of carbonyl (C=O) groups excluding carboxylic acids is 3. The minimum Gasteiger partial charge on any atom is -0.462 e. The molecule has 0 N–H and O–H groups in total. The minimum atomic E-state index is -0.759. The zero-order valence-corrected chi connectivity index (χ0v) is 38.6. The van der Waals surface area contributed by atoms with Crippen LogP contribution in [0.2, 0.25) is 0 Å². The molecule has 57 heavy (non-hydrogen) atoms. The molecular formula is C51H98O6. The van der Waals surface area contributed by atoms with Crippen LogP contribution in [0.1, 0.15) is 290 Å². The molecule has 1 atom stereocenters. The first kappa shape index (κ1) is 55.4. The second kappa shape index (κ2) is 47.1. The highest BCUT2D eigenvalue weighted by atomic mass is 16.6. The molecule has 0 saturated heterocycles. The molecule has 0 aromatic rings. The Labute approximate surface area is 355 Å². The summed E-state index contributed by atoms with van der Waals surface area (Å²) in [6.07, 6.45) is 49.3. The molecule has 0 aliphatic heterocycles. The summed E-state index contributed by atoms with van der Waals surface area (Å²) < 4.78 is 16.8. The van der Waals surface area contributed by atoms with Gasteiger partial charge in [-0.1, -0.05) is 252 Å². The van der Waals surface area contributed by atoms with Gasteiger partial charge in [0, 0.05) is 19.3 Å². The van der Waals surface area contributed by atoms with Crippen LogP contribution in [-0.4, -0.2) is 37.2 Å². The van der Waals surface area contributed by atoms with Gasteiger partial charge >= 0.3 is 17.9 Å². The Hall–Kier alpha value is -1.59. The van der Waals surface area contributed by atoms with Crippen LogP contribution in [0.25, 0.3) is 0 Å². The molecule has 0 heterocycles. The molecule has 6 heteroatoms. The van der Waals surface area contributed by atoms with Gasteiger partial charge in [0.05, 0.1) is 0 Å². The largest absolute Gasteiger partial charge is 0.462 e. The van der Waals surface area contributed by atoms with E-state index < -0.39 is 6.10 Å². The molecule has 0 unspecified atom stereocenters. The van der Waals surface area contributed by atoms with Gasteiger partial charge in [-0.05, 0) is 19.3 Å². The predicted molar refractivity (Wildman–Crippen MR) is 243 cm³/mol. The van der Waals surface area contributed by atoms with E-state index in [0.717, 1.165) is 57.8 Å². The predicted octanol–water partition coefficient (Wildman–Crippen LogP) is 16.4. The van der Waals surface area contributed by atoms with Crippen LogP contribution in [-0.2, 0) is 28.6 Å². The Balaban J connectivity index is 4.31. The first-order chi connectivity index (χ1) is 28.0. The number of hydrogen-bond donors (Lipinski definition) is 0. The summed E-state index contributed by atoms with van der Waals surface area (Å²) in [7, 11) is 0. The maximum Gasteiger partial charge on any atom is 0.306 e. The van der Waals surface area contributed by atoms with Gasteiger partial charge in [-0.2, -0.15) is 0 Å². The van der Waals surface area contributed by atoms with E-state index >= 15 is 0 Å². The van der Waals surface area contributed by atoms with Gasteiger partial charge in [0.2, 0.25) is 0 Å². The van der Waals surface area contributed by atoms with Crippen molar-refractivity contribution in [3.63, 3.8) is 0 Å². The van der Waals surface area contributed by atoms with Crippen molar-refractivity contribution in [2.45, 2.75) is 297 Å². The van der Waals surface area contributed by atoms with Crippen molar-refractivity contribution in [1.82, 2.24) is 0 Å². The summed E-state index contributed by atoms with van der Waals surface area (Å²) >= 11 is 0. The van der Waals surface area contributed by atoms with Crippen LogP contribution in [0.5, 0.6) is 0 Å². The molecular weight excluding hydrogens is 709 g/mol. The Kier molecular flexibility index (Phi) is 45.8. The van der Waals surface area contributed by atoms with E-state index in [1.165, 1.54) is 193 Å². The molecule has 0 rings (SSSR count). The molecule has 0 radical (unpaired) electrons. The summed E-state index contributed by atoms with van der Waals surface area (Å²) in [5.74, 6) is -0.842. The van der Waals surface area contributed by atoms with Crippen molar-refractivity contribution in [2.75, 3.05) is 13.2 Å². The molecule has 0 bridgehead atoms. The lowest BCUT2D eigenvalue weighted by Gasteiger charge is -2.18. The third-order valence-corrected chi connectivity index (χ3v) is 11.6. The fourth-order valence-electron chi connectivity index (χ4n) is 7.74. The number of rotatable bonds is 47. The SMILES string of the molecule is CCCCCCCCCCCCCCCCC(=O)O[C@H](COC(=O)CCCCCCCCCCCCCC)COC(=O)CCCCCCCCCCCCCCC. The van der Waals surface area contributed by atoms with Crippen LogP contribution in [0.3, 0.4) is 0 Å². The number of unbranched alkanes of at least 4 members (excludes halogenated alkanes) is 36. The molecule has 0 aliphatic carbocycles. The van der Waals surface area contributed by atoms with Crippen molar-refractivity contribution in [3.05, 3.63) is 0 Å².